The molecule has 1 fully saturated rings. The molecule has 1 aliphatic rings. The van der Waals surface area contributed by atoms with E-state index in [1.54, 1.807) is 6.07 Å². The Kier molecular flexibility index (Phi) is 4.12. The van der Waals surface area contributed by atoms with Crippen molar-refractivity contribution in [3.05, 3.63) is 11.8 Å². The second kappa shape index (κ2) is 5.63. The summed E-state index contributed by atoms with van der Waals surface area (Å²) in [5, 5.41) is 9.36. The van der Waals surface area contributed by atoms with E-state index in [-0.39, 0.29) is 11.4 Å². The highest BCUT2D eigenvalue weighted by Crippen LogP contribution is 2.33. The SMILES string of the molecule is CC(C)(C)c1cc(NC(=O)NCCCC2CC2)no1. The summed E-state index contributed by atoms with van der Waals surface area (Å²) < 4.78 is 5.20. The fourth-order valence-electron chi connectivity index (χ4n) is 1.85. The van der Waals surface area contributed by atoms with Crippen LogP contribution in [0.4, 0.5) is 10.6 Å². The van der Waals surface area contributed by atoms with Gasteiger partial charge in [-0.25, -0.2) is 4.79 Å². The Balaban J connectivity index is 1.70. The van der Waals surface area contributed by atoms with Crippen LogP contribution in [-0.4, -0.2) is 17.7 Å². The maximum Gasteiger partial charge on any atom is 0.320 e. The van der Waals surface area contributed by atoms with Gasteiger partial charge in [-0.1, -0.05) is 38.8 Å². The van der Waals surface area contributed by atoms with Crippen molar-refractivity contribution in [2.24, 2.45) is 5.92 Å². The lowest BCUT2D eigenvalue weighted by molar-refractivity contribution is 0.251. The molecular weight excluding hydrogens is 242 g/mol. The number of carbonyl (C=O) groups is 1. The molecule has 0 aliphatic heterocycles. The first kappa shape index (κ1) is 13.9. The lowest BCUT2D eigenvalue weighted by atomic mass is 9.93. The van der Waals surface area contributed by atoms with Crippen molar-refractivity contribution >= 4 is 11.8 Å². The molecule has 1 heterocycles. The van der Waals surface area contributed by atoms with Crippen LogP contribution >= 0.6 is 0 Å². The van der Waals surface area contributed by atoms with Crippen LogP contribution in [0.1, 0.15) is 52.2 Å². The molecule has 2 rings (SSSR count). The second-order valence-electron chi connectivity index (χ2n) is 6.29. The first-order valence-electron chi connectivity index (χ1n) is 6.97. The maximum absolute atomic E-state index is 11.6. The second-order valence-corrected chi connectivity index (χ2v) is 6.29. The predicted molar refractivity (Wildman–Crippen MR) is 74.2 cm³/mol. The largest absolute Gasteiger partial charge is 0.359 e. The number of nitrogens with zero attached hydrogens (tertiary/aromatic N) is 1. The topological polar surface area (TPSA) is 67.2 Å². The Morgan fingerprint density at radius 2 is 2.21 bits per heavy atom. The average molecular weight is 265 g/mol. The lowest BCUT2D eigenvalue weighted by Crippen LogP contribution is -2.29. The normalized spacial score (nSPS) is 15.3. The molecule has 19 heavy (non-hydrogen) atoms. The minimum absolute atomic E-state index is 0.104. The number of hydrogen-bond acceptors (Lipinski definition) is 3. The fraction of sp³-hybridized carbons (Fsp3) is 0.714. The molecule has 0 bridgehead atoms. The summed E-state index contributed by atoms with van der Waals surface area (Å²) >= 11 is 0. The van der Waals surface area contributed by atoms with Crippen molar-refractivity contribution in [1.29, 1.82) is 0 Å². The van der Waals surface area contributed by atoms with Crippen molar-refractivity contribution in [2.75, 3.05) is 11.9 Å². The summed E-state index contributed by atoms with van der Waals surface area (Å²) in [5.74, 6) is 2.14. The third-order valence-electron chi connectivity index (χ3n) is 3.26. The van der Waals surface area contributed by atoms with E-state index in [1.165, 1.54) is 19.3 Å². The van der Waals surface area contributed by atoms with Crippen LogP contribution in [0.25, 0.3) is 0 Å². The molecule has 0 unspecified atom stereocenters. The van der Waals surface area contributed by atoms with Crippen LogP contribution in [0.15, 0.2) is 10.6 Å². The molecule has 1 saturated carbocycles. The zero-order chi connectivity index (χ0) is 13.9. The first-order chi connectivity index (χ1) is 8.95. The van der Waals surface area contributed by atoms with Gasteiger partial charge in [0.1, 0.15) is 5.76 Å². The third kappa shape index (κ3) is 4.58. The van der Waals surface area contributed by atoms with Crippen LogP contribution in [0.2, 0.25) is 0 Å². The highest BCUT2D eigenvalue weighted by Gasteiger charge is 2.21. The van der Waals surface area contributed by atoms with E-state index in [1.807, 2.05) is 20.8 Å². The quantitative estimate of drug-likeness (QED) is 0.803. The van der Waals surface area contributed by atoms with E-state index in [4.69, 9.17) is 4.52 Å². The monoisotopic (exact) mass is 265 g/mol. The standard InChI is InChI=1S/C14H23N3O2/c1-14(2,3)11-9-12(17-19-11)16-13(18)15-8-4-5-10-6-7-10/h9-10H,4-8H2,1-3H3,(H2,15,16,17,18). The van der Waals surface area contributed by atoms with Gasteiger partial charge in [-0.2, -0.15) is 0 Å². The van der Waals surface area contributed by atoms with Gasteiger partial charge in [0.25, 0.3) is 0 Å². The summed E-state index contributed by atoms with van der Waals surface area (Å²) in [5.41, 5.74) is -0.104. The Labute approximate surface area is 114 Å². The van der Waals surface area contributed by atoms with Crippen molar-refractivity contribution in [1.82, 2.24) is 10.5 Å². The minimum Gasteiger partial charge on any atom is -0.359 e. The number of rotatable bonds is 5. The van der Waals surface area contributed by atoms with Crippen LogP contribution < -0.4 is 10.6 Å². The van der Waals surface area contributed by atoms with E-state index in [9.17, 15) is 4.79 Å². The molecule has 0 aromatic carbocycles. The number of aromatic nitrogens is 1. The number of nitrogens with one attached hydrogen (secondary N) is 2. The predicted octanol–water partition coefficient (Wildman–Crippen LogP) is 3.28. The van der Waals surface area contributed by atoms with Gasteiger partial charge in [0.2, 0.25) is 0 Å². The number of urea groups is 1. The number of carbonyl (C=O) groups excluding carboxylic acids is 1. The number of anilines is 1. The van der Waals surface area contributed by atoms with Crippen LogP contribution in [-0.2, 0) is 5.41 Å². The molecule has 1 aromatic heterocycles. The van der Waals surface area contributed by atoms with E-state index in [0.29, 0.717) is 12.4 Å². The molecule has 0 spiro atoms. The smallest absolute Gasteiger partial charge is 0.320 e. The van der Waals surface area contributed by atoms with Gasteiger partial charge in [0.15, 0.2) is 5.82 Å². The summed E-state index contributed by atoms with van der Waals surface area (Å²) in [7, 11) is 0. The molecule has 2 N–H and O–H groups in total. The summed E-state index contributed by atoms with van der Waals surface area (Å²) in [6, 6.07) is 1.55. The van der Waals surface area contributed by atoms with Gasteiger partial charge in [-0.15, -0.1) is 0 Å². The summed E-state index contributed by atoms with van der Waals surface area (Å²) in [6.45, 7) is 6.83. The van der Waals surface area contributed by atoms with Crippen molar-refractivity contribution < 1.29 is 9.32 Å². The van der Waals surface area contributed by atoms with Crippen LogP contribution in [0, 0.1) is 5.92 Å². The molecule has 0 saturated heterocycles. The van der Waals surface area contributed by atoms with Gasteiger partial charge in [-0.3, -0.25) is 5.32 Å². The van der Waals surface area contributed by atoms with Crippen molar-refractivity contribution in [3.8, 4) is 0 Å². The third-order valence-corrected chi connectivity index (χ3v) is 3.26. The molecular formula is C14H23N3O2. The zero-order valence-electron chi connectivity index (χ0n) is 12.0. The number of amides is 2. The van der Waals surface area contributed by atoms with Crippen LogP contribution in [0.5, 0.6) is 0 Å². The van der Waals surface area contributed by atoms with Gasteiger partial charge in [0.05, 0.1) is 0 Å². The first-order valence-corrected chi connectivity index (χ1v) is 6.97. The number of hydrogen-bond donors (Lipinski definition) is 2. The lowest BCUT2D eigenvalue weighted by Gasteiger charge is -2.12. The van der Waals surface area contributed by atoms with Crippen molar-refractivity contribution in [3.63, 3.8) is 0 Å². The summed E-state index contributed by atoms with van der Waals surface area (Å²) in [4.78, 5) is 11.6. The molecule has 106 valence electrons. The molecule has 1 aliphatic carbocycles. The minimum atomic E-state index is -0.218. The van der Waals surface area contributed by atoms with Gasteiger partial charge >= 0.3 is 6.03 Å². The van der Waals surface area contributed by atoms with Crippen molar-refractivity contribution in [2.45, 2.75) is 51.9 Å². The molecule has 2 amide bonds. The van der Waals surface area contributed by atoms with E-state index in [2.05, 4.69) is 15.8 Å². The molecule has 0 radical (unpaired) electrons. The van der Waals surface area contributed by atoms with Gasteiger partial charge in [-0.05, 0) is 18.8 Å². The van der Waals surface area contributed by atoms with E-state index >= 15 is 0 Å². The Bertz CT molecular complexity index is 430. The van der Waals surface area contributed by atoms with Gasteiger partial charge < -0.3 is 9.84 Å². The fourth-order valence-corrected chi connectivity index (χ4v) is 1.85. The molecule has 5 nitrogen and oxygen atoms in total. The average Bonchev–Trinajstić information content (AvgIpc) is 3.01. The van der Waals surface area contributed by atoms with Crippen LogP contribution in [0.3, 0.4) is 0 Å². The Hall–Kier alpha value is -1.52. The molecule has 1 aromatic rings. The summed E-state index contributed by atoms with van der Waals surface area (Å²) in [6.07, 6.45) is 4.99. The zero-order valence-corrected chi connectivity index (χ0v) is 12.0. The Morgan fingerprint density at radius 3 is 2.79 bits per heavy atom. The highest BCUT2D eigenvalue weighted by atomic mass is 16.5. The molecule has 5 heteroatoms. The Morgan fingerprint density at radius 1 is 1.47 bits per heavy atom. The molecule has 0 atom stereocenters. The van der Waals surface area contributed by atoms with E-state index in [0.717, 1.165) is 18.1 Å². The maximum atomic E-state index is 11.6. The van der Waals surface area contributed by atoms with E-state index < -0.39 is 0 Å². The van der Waals surface area contributed by atoms with Gasteiger partial charge in [0, 0.05) is 18.0 Å². The highest BCUT2D eigenvalue weighted by molar-refractivity contribution is 5.88.